The van der Waals surface area contributed by atoms with Gasteiger partial charge >= 0.3 is 0 Å². The van der Waals surface area contributed by atoms with E-state index in [0.29, 0.717) is 12.5 Å². The Hall–Kier alpha value is -0.990. The van der Waals surface area contributed by atoms with Gasteiger partial charge in [0, 0.05) is 18.2 Å². The van der Waals surface area contributed by atoms with Crippen LogP contribution >= 0.6 is 15.9 Å². The maximum Gasteiger partial charge on any atom is 0.254 e. The third-order valence-corrected chi connectivity index (χ3v) is 6.22. The summed E-state index contributed by atoms with van der Waals surface area (Å²) in [5, 5.41) is 5.06. The molecule has 0 aromatic heterocycles. The predicted molar refractivity (Wildman–Crippen MR) is 77.6 cm³/mol. The molecule has 5 nitrogen and oxygen atoms in total. The molecule has 8 heteroatoms. The molecule has 2 aliphatic rings. The molecule has 114 valence electrons. The van der Waals surface area contributed by atoms with Crippen molar-refractivity contribution in [3.8, 4) is 0 Å². The number of hydrogen-bond acceptors (Lipinski definition) is 3. The number of piperidine rings is 1. The van der Waals surface area contributed by atoms with Crippen molar-refractivity contribution in [2.24, 2.45) is 11.1 Å². The van der Waals surface area contributed by atoms with E-state index in [2.05, 4.69) is 15.9 Å². The molecule has 1 aliphatic carbocycles. The third kappa shape index (κ3) is 2.60. The summed E-state index contributed by atoms with van der Waals surface area (Å²) in [5.74, 6) is -0.635. The molecule has 1 saturated heterocycles. The van der Waals surface area contributed by atoms with Gasteiger partial charge in [0.1, 0.15) is 5.82 Å². The van der Waals surface area contributed by atoms with E-state index in [0.717, 1.165) is 31.4 Å². The molecule has 2 N–H and O–H groups in total. The monoisotopic (exact) mass is 376 g/mol. The topological polar surface area (TPSA) is 80.5 Å². The molecule has 2 unspecified atom stereocenters. The van der Waals surface area contributed by atoms with Gasteiger partial charge in [-0.25, -0.2) is 17.9 Å². The Morgan fingerprint density at radius 1 is 1.38 bits per heavy atom. The molecule has 2 bridgehead atoms. The van der Waals surface area contributed by atoms with Crippen LogP contribution in [-0.2, 0) is 10.0 Å². The van der Waals surface area contributed by atoms with E-state index < -0.39 is 20.7 Å². The van der Waals surface area contributed by atoms with Crippen LogP contribution in [0.15, 0.2) is 21.5 Å². The number of halogens is 2. The number of carbonyl (C=O) groups excluding carboxylic acids is 1. The van der Waals surface area contributed by atoms with Crippen LogP contribution in [0.1, 0.15) is 29.6 Å². The summed E-state index contributed by atoms with van der Waals surface area (Å²) in [6.45, 7) is 0.659. The van der Waals surface area contributed by atoms with Crippen molar-refractivity contribution in [2.75, 3.05) is 6.54 Å². The zero-order chi connectivity index (χ0) is 15.4. The Labute approximate surface area is 130 Å². The molecule has 2 atom stereocenters. The van der Waals surface area contributed by atoms with Crippen LogP contribution in [0.2, 0.25) is 0 Å². The molecular formula is C13H14BrFN2O3S. The van der Waals surface area contributed by atoms with Crippen molar-refractivity contribution in [3.05, 3.63) is 28.0 Å². The fraction of sp³-hybridized carbons (Fsp3) is 0.462. The Morgan fingerprint density at radius 3 is 2.62 bits per heavy atom. The second kappa shape index (κ2) is 5.03. The molecule has 1 aromatic carbocycles. The van der Waals surface area contributed by atoms with E-state index in [1.165, 1.54) is 0 Å². The van der Waals surface area contributed by atoms with Gasteiger partial charge in [-0.15, -0.1) is 0 Å². The molecule has 1 saturated carbocycles. The second-order valence-corrected chi connectivity index (χ2v) is 7.93. The normalized spacial score (nSPS) is 24.6. The lowest BCUT2D eigenvalue weighted by molar-refractivity contribution is 0.0703. The maximum atomic E-state index is 13.9. The number of sulfonamides is 1. The lowest BCUT2D eigenvalue weighted by Crippen LogP contribution is -2.37. The van der Waals surface area contributed by atoms with Crippen molar-refractivity contribution in [1.82, 2.24) is 4.90 Å². The van der Waals surface area contributed by atoms with Gasteiger partial charge in [-0.2, -0.15) is 0 Å². The minimum Gasteiger partial charge on any atom is -0.335 e. The Morgan fingerprint density at radius 2 is 2.10 bits per heavy atom. The van der Waals surface area contributed by atoms with E-state index in [4.69, 9.17) is 5.14 Å². The third-order valence-electron chi connectivity index (χ3n) is 4.22. The van der Waals surface area contributed by atoms with Gasteiger partial charge in [-0.05, 0) is 53.2 Å². The van der Waals surface area contributed by atoms with Crippen LogP contribution < -0.4 is 5.14 Å². The maximum absolute atomic E-state index is 13.9. The van der Waals surface area contributed by atoms with Gasteiger partial charge in [-0.3, -0.25) is 4.79 Å². The highest BCUT2D eigenvalue weighted by atomic mass is 79.9. The molecule has 1 amide bonds. The average molecular weight is 377 g/mol. The SMILES string of the molecule is NS(=O)(=O)c1cc(C(=O)N2CC3CCC2C3)cc(F)c1Br. The van der Waals surface area contributed by atoms with Gasteiger partial charge in [-0.1, -0.05) is 0 Å². The van der Waals surface area contributed by atoms with Gasteiger partial charge < -0.3 is 4.90 Å². The minimum absolute atomic E-state index is 0.0206. The summed E-state index contributed by atoms with van der Waals surface area (Å²) in [7, 11) is -4.10. The molecule has 1 aliphatic heterocycles. The molecule has 2 fully saturated rings. The number of benzene rings is 1. The number of amides is 1. The van der Waals surface area contributed by atoms with Gasteiger partial charge in [0.15, 0.2) is 0 Å². The molecule has 1 heterocycles. The number of hydrogen-bond donors (Lipinski definition) is 1. The Bertz CT molecular complexity index is 722. The molecule has 0 spiro atoms. The zero-order valence-electron chi connectivity index (χ0n) is 11.1. The minimum atomic E-state index is -4.10. The highest BCUT2D eigenvalue weighted by Crippen LogP contribution is 2.38. The molecule has 0 radical (unpaired) electrons. The standard InChI is InChI=1S/C13H14BrFN2O3S/c14-12-10(15)4-8(5-11(12)21(16,19)20)13(18)17-6-7-1-2-9(17)3-7/h4-5,7,9H,1-3,6H2,(H2,16,19,20). The lowest BCUT2D eigenvalue weighted by Gasteiger charge is -2.27. The first-order valence-electron chi connectivity index (χ1n) is 6.60. The predicted octanol–water partition coefficient (Wildman–Crippen LogP) is 1.86. The summed E-state index contributed by atoms with van der Waals surface area (Å²) in [6.07, 6.45) is 3.05. The summed E-state index contributed by atoms with van der Waals surface area (Å²) < 4.78 is 36.6. The number of primary sulfonamides is 1. The highest BCUT2D eigenvalue weighted by molar-refractivity contribution is 9.10. The molecule has 1 aromatic rings. The van der Waals surface area contributed by atoms with Crippen molar-refractivity contribution in [2.45, 2.75) is 30.2 Å². The molecule has 3 rings (SSSR count). The van der Waals surface area contributed by atoms with E-state index in [-0.39, 0.29) is 22.0 Å². The average Bonchev–Trinajstić information content (AvgIpc) is 3.01. The summed E-state index contributed by atoms with van der Waals surface area (Å²) >= 11 is 2.86. The summed E-state index contributed by atoms with van der Waals surface area (Å²) in [6, 6.07) is 2.37. The van der Waals surface area contributed by atoms with Gasteiger partial charge in [0.2, 0.25) is 10.0 Å². The number of fused-ring (bicyclic) bond motifs is 2. The Kier molecular flexibility index (Phi) is 3.58. The molecular weight excluding hydrogens is 363 g/mol. The smallest absolute Gasteiger partial charge is 0.254 e. The second-order valence-electron chi connectivity index (χ2n) is 5.61. The van der Waals surface area contributed by atoms with Crippen molar-refractivity contribution in [3.63, 3.8) is 0 Å². The van der Waals surface area contributed by atoms with Gasteiger partial charge in [0.25, 0.3) is 5.91 Å². The van der Waals surface area contributed by atoms with E-state index in [1.54, 1.807) is 4.90 Å². The number of nitrogens with two attached hydrogens (primary N) is 1. The van der Waals surface area contributed by atoms with Crippen LogP contribution in [0.5, 0.6) is 0 Å². The number of likely N-dealkylation sites (tertiary alicyclic amines) is 1. The van der Waals surface area contributed by atoms with Crippen LogP contribution in [0, 0.1) is 11.7 Å². The first-order valence-corrected chi connectivity index (χ1v) is 8.94. The van der Waals surface area contributed by atoms with E-state index in [9.17, 15) is 17.6 Å². The van der Waals surface area contributed by atoms with Crippen molar-refractivity contribution in [1.29, 1.82) is 0 Å². The van der Waals surface area contributed by atoms with Crippen LogP contribution in [0.4, 0.5) is 4.39 Å². The largest absolute Gasteiger partial charge is 0.335 e. The fourth-order valence-electron chi connectivity index (χ4n) is 3.23. The fourth-order valence-corrected chi connectivity index (χ4v) is 4.78. The molecule has 21 heavy (non-hydrogen) atoms. The van der Waals surface area contributed by atoms with Crippen molar-refractivity contribution >= 4 is 31.9 Å². The Balaban J connectivity index is 1.99. The number of rotatable bonds is 2. The zero-order valence-corrected chi connectivity index (χ0v) is 13.5. The summed E-state index contributed by atoms with van der Waals surface area (Å²) in [5.41, 5.74) is 0.0206. The van der Waals surface area contributed by atoms with Gasteiger partial charge in [0.05, 0.1) is 9.37 Å². The first-order chi connectivity index (χ1) is 9.77. The van der Waals surface area contributed by atoms with Crippen LogP contribution in [-0.4, -0.2) is 31.8 Å². The highest BCUT2D eigenvalue weighted by Gasteiger charge is 2.40. The summed E-state index contributed by atoms with van der Waals surface area (Å²) in [4.78, 5) is 13.8. The van der Waals surface area contributed by atoms with Crippen molar-refractivity contribution < 1.29 is 17.6 Å². The quantitative estimate of drug-likeness (QED) is 0.855. The first kappa shape index (κ1) is 14.9. The number of nitrogens with zero attached hydrogens (tertiary/aromatic N) is 1. The lowest BCUT2D eigenvalue weighted by atomic mass is 10.1. The van der Waals surface area contributed by atoms with Crippen LogP contribution in [0.3, 0.4) is 0 Å². The van der Waals surface area contributed by atoms with E-state index in [1.807, 2.05) is 0 Å². The van der Waals surface area contributed by atoms with E-state index >= 15 is 0 Å². The van der Waals surface area contributed by atoms with Crippen LogP contribution in [0.25, 0.3) is 0 Å². The number of carbonyl (C=O) groups is 1.